The number of halogens is 1. The van der Waals surface area contributed by atoms with Crippen LogP contribution in [0, 0.1) is 0 Å². The Morgan fingerprint density at radius 3 is 2.38 bits per heavy atom. The highest BCUT2D eigenvalue weighted by Crippen LogP contribution is 2.09. The Morgan fingerprint density at radius 2 is 1.92 bits per heavy atom. The standard InChI is InChI=1S/C10H10ClNO/c1-7(2)12-10(13)8-3-5-9(11)6-4-8/h3-6H,1H2,2H3,(H,12,13). The summed E-state index contributed by atoms with van der Waals surface area (Å²) in [7, 11) is 0. The Bertz CT molecular complexity index is 329. The fourth-order valence-corrected chi connectivity index (χ4v) is 0.993. The van der Waals surface area contributed by atoms with Crippen molar-refractivity contribution < 1.29 is 4.79 Å². The van der Waals surface area contributed by atoms with Crippen molar-refractivity contribution in [2.45, 2.75) is 6.92 Å². The summed E-state index contributed by atoms with van der Waals surface area (Å²) in [4.78, 5) is 11.4. The Hall–Kier alpha value is -1.28. The molecule has 1 amide bonds. The molecule has 13 heavy (non-hydrogen) atoms. The lowest BCUT2D eigenvalue weighted by molar-refractivity contribution is 0.0966. The van der Waals surface area contributed by atoms with Crippen molar-refractivity contribution in [3.63, 3.8) is 0 Å². The van der Waals surface area contributed by atoms with E-state index in [9.17, 15) is 4.79 Å². The van der Waals surface area contributed by atoms with Gasteiger partial charge < -0.3 is 5.32 Å². The van der Waals surface area contributed by atoms with Gasteiger partial charge in [-0.25, -0.2) is 0 Å². The van der Waals surface area contributed by atoms with Crippen molar-refractivity contribution >= 4 is 17.5 Å². The number of carbonyl (C=O) groups is 1. The van der Waals surface area contributed by atoms with Gasteiger partial charge in [-0.3, -0.25) is 4.79 Å². The smallest absolute Gasteiger partial charge is 0.255 e. The molecule has 0 aliphatic heterocycles. The number of nitrogens with one attached hydrogen (secondary N) is 1. The Labute approximate surface area is 82.2 Å². The van der Waals surface area contributed by atoms with Crippen molar-refractivity contribution in [3.05, 3.63) is 47.1 Å². The maximum absolute atomic E-state index is 11.4. The van der Waals surface area contributed by atoms with Gasteiger partial charge in [0.1, 0.15) is 0 Å². The van der Waals surface area contributed by atoms with E-state index < -0.39 is 0 Å². The molecule has 0 radical (unpaired) electrons. The minimum absolute atomic E-state index is 0.163. The van der Waals surface area contributed by atoms with Gasteiger partial charge >= 0.3 is 0 Å². The van der Waals surface area contributed by atoms with Crippen LogP contribution < -0.4 is 5.32 Å². The predicted molar refractivity (Wildman–Crippen MR) is 53.7 cm³/mol. The molecule has 0 fully saturated rings. The minimum Gasteiger partial charge on any atom is -0.327 e. The van der Waals surface area contributed by atoms with Gasteiger partial charge in [-0.2, -0.15) is 0 Å². The van der Waals surface area contributed by atoms with Gasteiger partial charge in [0.2, 0.25) is 0 Å². The number of amides is 1. The molecule has 1 aromatic carbocycles. The molecule has 1 rings (SSSR count). The maximum Gasteiger partial charge on any atom is 0.255 e. The van der Waals surface area contributed by atoms with E-state index in [4.69, 9.17) is 11.6 Å². The molecular formula is C10H10ClNO. The topological polar surface area (TPSA) is 29.1 Å². The van der Waals surface area contributed by atoms with E-state index in [0.717, 1.165) is 0 Å². The zero-order chi connectivity index (χ0) is 9.84. The van der Waals surface area contributed by atoms with E-state index in [1.165, 1.54) is 0 Å². The Morgan fingerprint density at radius 1 is 1.38 bits per heavy atom. The van der Waals surface area contributed by atoms with E-state index in [0.29, 0.717) is 16.3 Å². The summed E-state index contributed by atoms with van der Waals surface area (Å²) >= 11 is 5.67. The third kappa shape index (κ3) is 2.92. The lowest BCUT2D eigenvalue weighted by Gasteiger charge is -2.02. The lowest BCUT2D eigenvalue weighted by atomic mass is 10.2. The average molecular weight is 196 g/mol. The lowest BCUT2D eigenvalue weighted by Crippen LogP contribution is -2.20. The monoisotopic (exact) mass is 195 g/mol. The minimum atomic E-state index is -0.163. The van der Waals surface area contributed by atoms with Crippen molar-refractivity contribution in [3.8, 4) is 0 Å². The fraction of sp³-hybridized carbons (Fsp3) is 0.100. The van der Waals surface area contributed by atoms with Crippen LogP contribution in [0.1, 0.15) is 17.3 Å². The molecule has 1 aromatic rings. The van der Waals surface area contributed by atoms with Crippen LogP contribution in [0.3, 0.4) is 0 Å². The van der Waals surface area contributed by atoms with E-state index in [2.05, 4.69) is 11.9 Å². The van der Waals surface area contributed by atoms with Crippen molar-refractivity contribution in [1.82, 2.24) is 5.32 Å². The maximum atomic E-state index is 11.4. The van der Waals surface area contributed by atoms with Gasteiger partial charge in [0.05, 0.1) is 0 Å². The van der Waals surface area contributed by atoms with Crippen LogP contribution in [-0.4, -0.2) is 5.91 Å². The number of rotatable bonds is 2. The quantitative estimate of drug-likeness (QED) is 0.772. The average Bonchev–Trinajstić information content (AvgIpc) is 2.04. The molecule has 3 heteroatoms. The van der Waals surface area contributed by atoms with Crippen LogP contribution in [0.5, 0.6) is 0 Å². The first-order chi connectivity index (χ1) is 6.09. The molecular weight excluding hydrogens is 186 g/mol. The fourth-order valence-electron chi connectivity index (χ4n) is 0.867. The Balaban J connectivity index is 2.78. The zero-order valence-corrected chi connectivity index (χ0v) is 8.06. The molecule has 0 saturated carbocycles. The van der Waals surface area contributed by atoms with E-state index >= 15 is 0 Å². The molecule has 0 spiro atoms. The van der Waals surface area contributed by atoms with E-state index in [-0.39, 0.29) is 5.91 Å². The Kier molecular flexibility index (Phi) is 3.09. The number of carbonyl (C=O) groups excluding carboxylic acids is 1. The van der Waals surface area contributed by atoms with Crippen LogP contribution in [0.2, 0.25) is 5.02 Å². The molecule has 1 N–H and O–H groups in total. The van der Waals surface area contributed by atoms with Gasteiger partial charge in [0.15, 0.2) is 0 Å². The van der Waals surface area contributed by atoms with Crippen LogP contribution in [0.4, 0.5) is 0 Å². The first-order valence-corrected chi connectivity index (χ1v) is 4.20. The highest BCUT2D eigenvalue weighted by Gasteiger charge is 2.03. The summed E-state index contributed by atoms with van der Waals surface area (Å²) in [5.41, 5.74) is 1.20. The molecule has 0 aromatic heterocycles. The molecule has 68 valence electrons. The summed E-state index contributed by atoms with van der Waals surface area (Å²) in [6.45, 7) is 5.31. The normalized spacial score (nSPS) is 9.38. The summed E-state index contributed by atoms with van der Waals surface area (Å²) in [6.07, 6.45) is 0. The van der Waals surface area contributed by atoms with Crippen LogP contribution in [0.15, 0.2) is 36.5 Å². The van der Waals surface area contributed by atoms with E-state index in [1.807, 2.05) is 0 Å². The van der Waals surface area contributed by atoms with Crippen molar-refractivity contribution in [2.75, 3.05) is 0 Å². The van der Waals surface area contributed by atoms with Gasteiger partial charge in [-0.05, 0) is 31.2 Å². The third-order valence-electron chi connectivity index (χ3n) is 1.43. The summed E-state index contributed by atoms with van der Waals surface area (Å²) in [5.74, 6) is -0.163. The van der Waals surface area contributed by atoms with Gasteiger partial charge in [0, 0.05) is 16.3 Å². The van der Waals surface area contributed by atoms with E-state index in [1.54, 1.807) is 31.2 Å². The van der Waals surface area contributed by atoms with Gasteiger partial charge in [-0.1, -0.05) is 18.2 Å². The van der Waals surface area contributed by atoms with Crippen molar-refractivity contribution in [1.29, 1.82) is 0 Å². The van der Waals surface area contributed by atoms with Crippen LogP contribution in [-0.2, 0) is 0 Å². The molecule has 0 atom stereocenters. The summed E-state index contributed by atoms with van der Waals surface area (Å²) in [5, 5.41) is 3.22. The van der Waals surface area contributed by atoms with Gasteiger partial charge in [0.25, 0.3) is 5.91 Å². The van der Waals surface area contributed by atoms with Crippen LogP contribution in [0.25, 0.3) is 0 Å². The molecule has 0 bridgehead atoms. The summed E-state index contributed by atoms with van der Waals surface area (Å²) in [6, 6.07) is 6.69. The molecule has 0 aliphatic carbocycles. The molecule has 0 saturated heterocycles. The number of hydrogen-bond acceptors (Lipinski definition) is 1. The number of benzene rings is 1. The second-order valence-corrected chi connectivity index (χ2v) is 3.18. The largest absolute Gasteiger partial charge is 0.327 e. The highest BCUT2D eigenvalue weighted by molar-refractivity contribution is 6.30. The number of allylic oxidation sites excluding steroid dienone is 1. The third-order valence-corrected chi connectivity index (χ3v) is 1.69. The summed E-state index contributed by atoms with van der Waals surface area (Å²) < 4.78 is 0. The SMILES string of the molecule is C=C(C)NC(=O)c1ccc(Cl)cc1. The molecule has 0 unspecified atom stereocenters. The number of hydrogen-bond donors (Lipinski definition) is 1. The second-order valence-electron chi connectivity index (χ2n) is 2.74. The molecule has 0 aliphatic rings. The first-order valence-electron chi connectivity index (χ1n) is 3.82. The zero-order valence-electron chi connectivity index (χ0n) is 7.30. The highest BCUT2D eigenvalue weighted by atomic mass is 35.5. The first kappa shape index (κ1) is 9.81. The second kappa shape index (κ2) is 4.10. The van der Waals surface area contributed by atoms with Crippen LogP contribution >= 0.6 is 11.6 Å². The predicted octanol–water partition coefficient (Wildman–Crippen LogP) is 2.60. The van der Waals surface area contributed by atoms with Crippen molar-refractivity contribution in [2.24, 2.45) is 0 Å². The molecule has 0 heterocycles. The molecule has 2 nitrogen and oxygen atoms in total. The van der Waals surface area contributed by atoms with Gasteiger partial charge in [-0.15, -0.1) is 0 Å².